The lowest BCUT2D eigenvalue weighted by Crippen LogP contribution is -2.26. The molecule has 0 aromatic carbocycles. The molecular formula is C11H17NS. The summed E-state index contributed by atoms with van der Waals surface area (Å²) in [5.41, 5.74) is 0. The molecule has 1 heterocycles. The zero-order chi connectivity index (χ0) is 9.26. The van der Waals surface area contributed by atoms with Crippen molar-refractivity contribution >= 4 is 11.3 Å². The molecule has 1 aliphatic rings. The van der Waals surface area contributed by atoms with E-state index in [1.807, 2.05) is 11.3 Å². The van der Waals surface area contributed by atoms with Crippen LogP contribution in [0.25, 0.3) is 0 Å². The molecule has 72 valence electrons. The Hall–Kier alpha value is -0.340. The van der Waals surface area contributed by atoms with Gasteiger partial charge in [-0.3, -0.25) is 0 Å². The quantitative estimate of drug-likeness (QED) is 0.765. The Morgan fingerprint density at radius 2 is 2.23 bits per heavy atom. The van der Waals surface area contributed by atoms with Crippen molar-refractivity contribution < 1.29 is 0 Å². The number of hydrogen-bond acceptors (Lipinski definition) is 2. The van der Waals surface area contributed by atoms with Crippen LogP contribution in [0.2, 0.25) is 0 Å². The van der Waals surface area contributed by atoms with Gasteiger partial charge >= 0.3 is 0 Å². The maximum Gasteiger partial charge on any atom is 0.0141 e. The van der Waals surface area contributed by atoms with Crippen LogP contribution >= 0.6 is 11.3 Å². The van der Waals surface area contributed by atoms with Crippen molar-refractivity contribution in [3.8, 4) is 0 Å². The van der Waals surface area contributed by atoms with Crippen LogP contribution in [0.1, 0.15) is 34.9 Å². The lowest BCUT2D eigenvalue weighted by atomic mass is 10.0. The van der Waals surface area contributed by atoms with E-state index in [9.17, 15) is 0 Å². The van der Waals surface area contributed by atoms with E-state index in [0.29, 0.717) is 0 Å². The average molecular weight is 195 g/mol. The maximum atomic E-state index is 3.43. The highest BCUT2D eigenvalue weighted by atomic mass is 32.1. The topological polar surface area (TPSA) is 12.0 Å². The SMILES string of the molecule is CNC1CCCC1c1ccc(C)s1. The summed E-state index contributed by atoms with van der Waals surface area (Å²) in [6.07, 6.45) is 4.09. The fourth-order valence-electron chi connectivity index (χ4n) is 2.30. The largest absolute Gasteiger partial charge is 0.316 e. The normalized spacial score (nSPS) is 28.2. The van der Waals surface area contributed by atoms with Gasteiger partial charge in [0.05, 0.1) is 0 Å². The van der Waals surface area contributed by atoms with Gasteiger partial charge in [0.2, 0.25) is 0 Å². The summed E-state index contributed by atoms with van der Waals surface area (Å²) in [7, 11) is 2.09. The molecule has 0 aliphatic heterocycles. The molecule has 1 N–H and O–H groups in total. The fraction of sp³-hybridized carbons (Fsp3) is 0.636. The average Bonchev–Trinajstić information content (AvgIpc) is 2.71. The Morgan fingerprint density at radius 3 is 2.85 bits per heavy atom. The molecule has 2 atom stereocenters. The van der Waals surface area contributed by atoms with Gasteiger partial charge in [0.1, 0.15) is 0 Å². The summed E-state index contributed by atoms with van der Waals surface area (Å²) >= 11 is 1.96. The second kappa shape index (κ2) is 3.81. The second-order valence-corrected chi connectivity index (χ2v) is 5.20. The molecule has 0 spiro atoms. The van der Waals surface area contributed by atoms with Crippen LogP contribution in [0.4, 0.5) is 0 Å². The van der Waals surface area contributed by atoms with Crippen LogP contribution in [0, 0.1) is 6.92 Å². The standard InChI is InChI=1S/C11H17NS/c1-8-6-7-11(13-8)9-4-3-5-10(9)12-2/h6-7,9-10,12H,3-5H2,1-2H3. The molecule has 0 bridgehead atoms. The highest BCUT2D eigenvalue weighted by Crippen LogP contribution is 2.37. The molecule has 2 rings (SSSR count). The van der Waals surface area contributed by atoms with Crippen LogP contribution in [-0.2, 0) is 0 Å². The van der Waals surface area contributed by atoms with Crippen molar-refractivity contribution in [2.24, 2.45) is 0 Å². The number of hydrogen-bond donors (Lipinski definition) is 1. The summed E-state index contributed by atoms with van der Waals surface area (Å²) in [5, 5.41) is 3.43. The molecule has 0 radical (unpaired) electrons. The monoisotopic (exact) mass is 195 g/mol. The third kappa shape index (κ3) is 1.79. The minimum atomic E-state index is 0.720. The van der Waals surface area contributed by atoms with Gasteiger partial charge in [-0.15, -0.1) is 11.3 Å². The van der Waals surface area contributed by atoms with Gasteiger partial charge in [-0.2, -0.15) is 0 Å². The van der Waals surface area contributed by atoms with Gasteiger partial charge < -0.3 is 5.32 Å². The highest BCUT2D eigenvalue weighted by molar-refractivity contribution is 7.12. The first-order chi connectivity index (χ1) is 6.31. The van der Waals surface area contributed by atoms with Crippen molar-refractivity contribution in [1.29, 1.82) is 0 Å². The van der Waals surface area contributed by atoms with Crippen LogP contribution in [0.5, 0.6) is 0 Å². The Kier molecular flexibility index (Phi) is 2.70. The van der Waals surface area contributed by atoms with Gasteiger partial charge in [-0.1, -0.05) is 6.42 Å². The van der Waals surface area contributed by atoms with E-state index in [-0.39, 0.29) is 0 Å². The van der Waals surface area contributed by atoms with Crippen LogP contribution < -0.4 is 5.32 Å². The van der Waals surface area contributed by atoms with E-state index in [1.54, 1.807) is 4.88 Å². The Bertz CT molecular complexity index is 279. The van der Waals surface area contributed by atoms with Crippen LogP contribution in [-0.4, -0.2) is 13.1 Å². The molecule has 1 nitrogen and oxygen atoms in total. The van der Waals surface area contributed by atoms with Crippen molar-refractivity contribution in [2.45, 2.75) is 38.1 Å². The molecular weight excluding hydrogens is 178 g/mol. The number of rotatable bonds is 2. The number of thiophene rings is 1. The van der Waals surface area contributed by atoms with Crippen molar-refractivity contribution in [1.82, 2.24) is 5.32 Å². The fourth-order valence-corrected chi connectivity index (χ4v) is 3.38. The van der Waals surface area contributed by atoms with E-state index in [1.165, 1.54) is 24.1 Å². The third-order valence-electron chi connectivity index (χ3n) is 3.01. The smallest absolute Gasteiger partial charge is 0.0141 e. The molecule has 0 amide bonds. The first-order valence-corrected chi connectivity index (χ1v) is 5.86. The van der Waals surface area contributed by atoms with E-state index in [2.05, 4.69) is 31.4 Å². The molecule has 1 aromatic rings. The van der Waals surface area contributed by atoms with Crippen LogP contribution in [0.3, 0.4) is 0 Å². The molecule has 1 saturated carbocycles. The van der Waals surface area contributed by atoms with Gasteiger partial charge in [-0.05, 0) is 38.9 Å². The highest BCUT2D eigenvalue weighted by Gasteiger charge is 2.27. The molecule has 1 fully saturated rings. The van der Waals surface area contributed by atoms with Gasteiger partial charge in [-0.25, -0.2) is 0 Å². The van der Waals surface area contributed by atoms with E-state index in [0.717, 1.165) is 12.0 Å². The van der Waals surface area contributed by atoms with Crippen molar-refractivity contribution in [3.05, 3.63) is 21.9 Å². The predicted octanol–water partition coefficient (Wildman–Crippen LogP) is 2.91. The summed E-state index contributed by atoms with van der Waals surface area (Å²) in [6, 6.07) is 5.27. The molecule has 13 heavy (non-hydrogen) atoms. The zero-order valence-electron chi connectivity index (χ0n) is 8.34. The first kappa shape index (κ1) is 9.22. The van der Waals surface area contributed by atoms with E-state index < -0.39 is 0 Å². The molecule has 0 saturated heterocycles. The van der Waals surface area contributed by atoms with Gasteiger partial charge in [0.15, 0.2) is 0 Å². The van der Waals surface area contributed by atoms with Crippen LogP contribution in [0.15, 0.2) is 12.1 Å². The summed E-state index contributed by atoms with van der Waals surface area (Å²) in [4.78, 5) is 3.02. The lowest BCUT2D eigenvalue weighted by molar-refractivity contribution is 0.527. The Balaban J connectivity index is 2.15. The molecule has 1 aliphatic carbocycles. The summed E-state index contributed by atoms with van der Waals surface area (Å²) < 4.78 is 0. The zero-order valence-corrected chi connectivity index (χ0v) is 9.16. The van der Waals surface area contributed by atoms with Gasteiger partial charge in [0.25, 0.3) is 0 Å². The number of aryl methyl sites for hydroxylation is 1. The summed E-state index contributed by atoms with van der Waals surface area (Å²) in [5.74, 6) is 0.781. The second-order valence-electron chi connectivity index (χ2n) is 3.88. The number of nitrogens with one attached hydrogen (secondary N) is 1. The Morgan fingerprint density at radius 1 is 1.38 bits per heavy atom. The predicted molar refractivity (Wildman–Crippen MR) is 58.5 cm³/mol. The molecule has 2 heteroatoms. The van der Waals surface area contributed by atoms with E-state index in [4.69, 9.17) is 0 Å². The first-order valence-electron chi connectivity index (χ1n) is 5.05. The molecule has 1 aromatic heterocycles. The third-order valence-corrected chi connectivity index (χ3v) is 4.15. The van der Waals surface area contributed by atoms with Gasteiger partial charge in [0, 0.05) is 21.7 Å². The maximum absolute atomic E-state index is 3.43. The number of likely N-dealkylation sites (N-methyl/N-ethyl adjacent to an activating group) is 1. The minimum Gasteiger partial charge on any atom is -0.316 e. The Labute approximate surface area is 84.2 Å². The van der Waals surface area contributed by atoms with E-state index >= 15 is 0 Å². The lowest BCUT2D eigenvalue weighted by Gasteiger charge is -2.17. The summed E-state index contributed by atoms with van der Waals surface area (Å²) in [6.45, 7) is 2.19. The molecule has 2 unspecified atom stereocenters. The van der Waals surface area contributed by atoms with Crippen molar-refractivity contribution in [3.63, 3.8) is 0 Å². The minimum absolute atomic E-state index is 0.720. The van der Waals surface area contributed by atoms with Crippen molar-refractivity contribution in [2.75, 3.05) is 7.05 Å².